The Morgan fingerprint density at radius 1 is 0.625 bits per heavy atom. The number of nitrogens with two attached hydrogens (primary N) is 3. The Kier molecular flexibility index (Phi) is 32.8. The van der Waals surface area contributed by atoms with Gasteiger partial charge in [-0.25, -0.2) is 19.3 Å². The van der Waals surface area contributed by atoms with Crippen molar-refractivity contribution in [2.24, 2.45) is 35.0 Å². The molecule has 0 bridgehead atoms. The van der Waals surface area contributed by atoms with Gasteiger partial charge in [0, 0.05) is 13.0 Å². The molecule has 4 unspecified atom stereocenters. The summed E-state index contributed by atoms with van der Waals surface area (Å²) < 4.78 is 10.6. The molecular weight excluding hydrogens is 1040 g/mol. The molecule has 2 aromatic rings. The number of rotatable bonds is 32. The minimum atomic E-state index is -1.64. The zero-order chi connectivity index (χ0) is 60.5. The summed E-state index contributed by atoms with van der Waals surface area (Å²) in [6.45, 7) is 11.4. The number of amides is 10. The lowest BCUT2D eigenvalue weighted by Crippen LogP contribution is -2.55. The second-order valence-electron chi connectivity index (χ2n) is 19.6. The van der Waals surface area contributed by atoms with E-state index in [1.54, 1.807) is 55.5 Å². The van der Waals surface area contributed by atoms with Crippen molar-refractivity contribution in [1.82, 2.24) is 42.1 Å². The van der Waals surface area contributed by atoms with Crippen molar-refractivity contribution in [2.45, 2.75) is 149 Å². The number of guanidine groups is 1. The summed E-state index contributed by atoms with van der Waals surface area (Å²) in [5, 5.41) is 42.9. The number of primary amides is 2. The van der Waals surface area contributed by atoms with Crippen LogP contribution in [-0.4, -0.2) is 142 Å². The molecule has 16 N–H and O–H groups in total. The Hall–Kier alpha value is -8.20. The Morgan fingerprint density at radius 3 is 1.65 bits per heavy atom. The lowest BCUT2D eigenvalue weighted by Gasteiger charge is -2.26. The second kappa shape index (κ2) is 37.6. The van der Waals surface area contributed by atoms with Crippen LogP contribution in [0.15, 0.2) is 60.7 Å². The molecule has 80 heavy (non-hydrogen) atoms. The molecule has 7 atom stereocenters. The lowest BCUT2D eigenvalue weighted by atomic mass is 10.00. The van der Waals surface area contributed by atoms with Crippen molar-refractivity contribution in [2.75, 3.05) is 19.7 Å². The van der Waals surface area contributed by atoms with Crippen molar-refractivity contribution in [1.29, 1.82) is 5.41 Å². The molecule has 0 heterocycles. The number of benzene rings is 2. The van der Waals surface area contributed by atoms with Crippen molar-refractivity contribution >= 4 is 71.4 Å². The van der Waals surface area contributed by atoms with E-state index in [2.05, 4.69) is 31.9 Å². The van der Waals surface area contributed by atoms with Crippen LogP contribution >= 0.6 is 0 Å². The van der Waals surface area contributed by atoms with Crippen LogP contribution < -0.4 is 54.4 Å². The number of carboxylic acid groups (broad SMARTS) is 1. The summed E-state index contributed by atoms with van der Waals surface area (Å²) in [6, 6.07) is 10.9. The Morgan fingerprint density at radius 2 is 1.15 bits per heavy atom. The van der Waals surface area contributed by atoms with E-state index in [4.69, 9.17) is 42.3 Å². The second-order valence-corrected chi connectivity index (χ2v) is 19.6. The molecule has 2 rings (SSSR count). The van der Waals surface area contributed by atoms with Crippen LogP contribution in [0, 0.1) is 23.2 Å². The largest absolute Gasteiger partial charge is 0.480 e. The smallest absolute Gasteiger partial charge is 0.416 e. The predicted molar refractivity (Wildman–Crippen MR) is 292 cm³/mol. The third kappa shape index (κ3) is 29.0. The quantitative estimate of drug-likeness (QED) is 0.0350. The lowest BCUT2D eigenvalue weighted by molar-refractivity contribution is -0.143. The normalized spacial score (nSPS) is 13.3. The SMILES string of the molecule is CC(C)CC(N)C(=O)N[C@@H](CC(C)C)C(=O)N[C@H](CCCN(C(=N)NC(=O)OCc1ccccc1)C(=O)OCc1ccccc1)C(N)=O.CCC(C)CC(=O)NC(CC)C(=O)NCC(=O)NC(CC(N)=O)C(=O)N[C@@H](CO)C(=O)O. The van der Waals surface area contributed by atoms with Crippen molar-refractivity contribution < 1.29 is 72.4 Å². The first-order chi connectivity index (χ1) is 37.7. The number of nitrogens with zero attached hydrogens (tertiary/aromatic N) is 1. The standard InChI is InChI=1S/C34H49N7O7.C19H33N5O8/c1-22(2)18-26(35)30(43)39-28(19-23(3)4)31(44)38-27(29(36)42)16-11-17-41(34(46)48-21-25-14-9-6-10-15-25)32(37)40-33(45)47-20-24-12-7-5-8-13-24;1-4-10(3)6-15(27)22-11(5-2)17(29)21-8-16(28)23-12(7-14(20)26)18(30)24-13(9-25)19(31)32/h5-10,12-15,22-23,26-28H,11,16-21,35H2,1-4H3,(H2,36,42)(H,38,44)(H,39,43)(H2,37,40,45);10-13,25H,4-9H2,1-3H3,(H2,20,26)(H,21,29)(H,22,27)(H,23,28)(H,24,30)(H,31,32)/t26?,27-,28+;10?,11?,12?,13-/m10/s1. The molecule has 0 aliphatic carbocycles. The van der Waals surface area contributed by atoms with Crippen LogP contribution in [0.2, 0.25) is 0 Å². The van der Waals surface area contributed by atoms with Gasteiger partial charge in [0.05, 0.1) is 25.6 Å². The van der Waals surface area contributed by atoms with Gasteiger partial charge in [0.15, 0.2) is 0 Å². The minimum Gasteiger partial charge on any atom is -0.480 e. The molecule has 444 valence electrons. The monoisotopic (exact) mass is 1130 g/mol. The molecule has 27 nitrogen and oxygen atoms in total. The average Bonchev–Trinajstić information content (AvgIpc) is 3.39. The highest BCUT2D eigenvalue weighted by atomic mass is 16.6. The first kappa shape index (κ1) is 69.8. The molecule has 0 aliphatic heterocycles. The first-order valence-corrected chi connectivity index (χ1v) is 26.2. The van der Waals surface area contributed by atoms with Crippen LogP contribution in [0.4, 0.5) is 9.59 Å². The highest BCUT2D eigenvalue weighted by Gasteiger charge is 2.31. The number of alkyl carbamates (subject to hydrolysis) is 1. The van der Waals surface area contributed by atoms with Gasteiger partial charge < -0.3 is 68.8 Å². The van der Waals surface area contributed by atoms with Crippen LogP contribution in [-0.2, 0) is 65.8 Å². The number of ether oxygens (including phenoxy) is 2. The summed E-state index contributed by atoms with van der Waals surface area (Å²) in [5.41, 5.74) is 18.1. The fourth-order valence-electron chi connectivity index (χ4n) is 7.09. The van der Waals surface area contributed by atoms with Gasteiger partial charge in [-0.2, -0.15) is 0 Å². The zero-order valence-corrected chi connectivity index (χ0v) is 46.5. The van der Waals surface area contributed by atoms with Crippen molar-refractivity contribution in [3.05, 3.63) is 71.8 Å². The number of hydrogen-bond donors (Lipinski definition) is 13. The van der Waals surface area contributed by atoms with Crippen LogP contribution in [0.25, 0.3) is 0 Å². The van der Waals surface area contributed by atoms with Gasteiger partial charge in [0.2, 0.25) is 53.2 Å². The molecule has 0 aliphatic rings. The summed E-state index contributed by atoms with van der Waals surface area (Å²) in [5.74, 6) is -7.41. The zero-order valence-electron chi connectivity index (χ0n) is 46.5. The van der Waals surface area contributed by atoms with Crippen LogP contribution in [0.5, 0.6) is 0 Å². The number of aliphatic hydroxyl groups is 1. The molecule has 0 spiro atoms. The van der Waals surface area contributed by atoms with E-state index in [-0.39, 0.29) is 69.1 Å². The summed E-state index contributed by atoms with van der Waals surface area (Å²) in [6.07, 6.45) is -0.397. The third-order valence-electron chi connectivity index (χ3n) is 11.6. The van der Waals surface area contributed by atoms with Crippen LogP contribution in [0.3, 0.4) is 0 Å². The van der Waals surface area contributed by atoms with E-state index in [9.17, 15) is 52.7 Å². The maximum Gasteiger partial charge on any atom is 0.416 e. The summed E-state index contributed by atoms with van der Waals surface area (Å²) in [7, 11) is 0. The maximum atomic E-state index is 13.2. The number of nitrogens with one attached hydrogen (secondary N) is 8. The van der Waals surface area contributed by atoms with E-state index in [0.29, 0.717) is 18.4 Å². The average molecular weight is 1130 g/mol. The molecular formula is C53H82N12O15. The number of carbonyl (C=O) groups excluding carboxylic acids is 10. The van der Waals surface area contributed by atoms with Crippen molar-refractivity contribution in [3.8, 4) is 0 Å². The van der Waals surface area contributed by atoms with Gasteiger partial charge in [-0.3, -0.25) is 49.1 Å². The molecule has 10 amide bonds. The summed E-state index contributed by atoms with van der Waals surface area (Å²) in [4.78, 5) is 135. The topological polar surface area (TPSA) is 436 Å². The van der Waals surface area contributed by atoms with E-state index in [1.165, 1.54) is 0 Å². The van der Waals surface area contributed by atoms with Gasteiger partial charge in [-0.1, -0.05) is 116 Å². The van der Waals surface area contributed by atoms with E-state index >= 15 is 0 Å². The molecule has 0 saturated carbocycles. The minimum absolute atomic E-state index is 0.0233. The third-order valence-corrected chi connectivity index (χ3v) is 11.6. The molecule has 2 aromatic carbocycles. The molecule has 0 aromatic heterocycles. The van der Waals surface area contributed by atoms with Crippen LogP contribution in [0.1, 0.15) is 111 Å². The fraction of sp³-hybridized carbons (Fsp3) is 0.547. The van der Waals surface area contributed by atoms with Gasteiger partial charge in [0.1, 0.15) is 43.4 Å². The van der Waals surface area contributed by atoms with E-state index in [1.807, 2.05) is 59.0 Å². The molecule has 0 radical (unpaired) electrons. The molecule has 0 fully saturated rings. The molecule has 0 saturated heterocycles. The number of carbonyl (C=O) groups is 11. The highest BCUT2D eigenvalue weighted by molar-refractivity contribution is 6.00. The fourth-order valence-corrected chi connectivity index (χ4v) is 7.09. The van der Waals surface area contributed by atoms with Gasteiger partial charge in [-0.05, 0) is 61.0 Å². The van der Waals surface area contributed by atoms with Gasteiger partial charge in [-0.15, -0.1) is 0 Å². The van der Waals surface area contributed by atoms with Crippen molar-refractivity contribution in [3.63, 3.8) is 0 Å². The number of aliphatic carboxylic acids is 1. The van der Waals surface area contributed by atoms with Gasteiger partial charge in [0.25, 0.3) is 0 Å². The first-order valence-electron chi connectivity index (χ1n) is 26.2. The summed E-state index contributed by atoms with van der Waals surface area (Å²) >= 11 is 0. The molecule has 27 heteroatoms. The number of carboxylic acids is 1. The number of hydrogen-bond acceptors (Lipinski definition) is 16. The maximum absolute atomic E-state index is 13.2. The Bertz CT molecular complexity index is 2360. The predicted octanol–water partition coefficient (Wildman–Crippen LogP) is 0.496. The Balaban J connectivity index is 0.000000871. The highest BCUT2D eigenvalue weighted by Crippen LogP contribution is 2.12. The van der Waals surface area contributed by atoms with E-state index in [0.717, 1.165) is 16.9 Å². The number of aliphatic hydroxyl groups excluding tert-OH is 1. The Labute approximate surface area is 465 Å². The van der Waals surface area contributed by atoms with Gasteiger partial charge >= 0.3 is 18.2 Å². The van der Waals surface area contributed by atoms with E-state index < -0.39 is 121 Å².